The van der Waals surface area contributed by atoms with E-state index in [0.29, 0.717) is 11.4 Å². The predicted octanol–water partition coefficient (Wildman–Crippen LogP) is 0.946. The molecule has 108 valence electrons. The maximum atomic E-state index is 11.8. The zero-order valence-electron chi connectivity index (χ0n) is 10.4. The van der Waals surface area contributed by atoms with Crippen molar-refractivity contribution in [3.63, 3.8) is 0 Å². The number of carboxylic acids is 1. The van der Waals surface area contributed by atoms with E-state index in [-0.39, 0.29) is 11.6 Å². The first-order valence-electron chi connectivity index (χ1n) is 5.61. The van der Waals surface area contributed by atoms with Gasteiger partial charge in [-0.05, 0) is 25.1 Å². The lowest BCUT2D eigenvalue weighted by atomic mass is 10.3. The third-order valence-electron chi connectivity index (χ3n) is 2.69. The van der Waals surface area contributed by atoms with Crippen molar-refractivity contribution >= 4 is 45.0 Å². The Morgan fingerprint density at radius 3 is 2.85 bits per heavy atom. The van der Waals surface area contributed by atoms with Crippen LogP contribution in [0.25, 0.3) is 0 Å². The highest BCUT2D eigenvalue weighted by atomic mass is 32.2. The van der Waals surface area contributed by atoms with Crippen LogP contribution in [0.15, 0.2) is 23.1 Å². The second kappa shape index (κ2) is 5.33. The van der Waals surface area contributed by atoms with Gasteiger partial charge in [-0.2, -0.15) is 0 Å². The van der Waals surface area contributed by atoms with Gasteiger partial charge in [0, 0.05) is 4.90 Å². The second-order valence-corrected chi connectivity index (χ2v) is 7.19. The predicted molar refractivity (Wildman–Crippen MR) is 75.4 cm³/mol. The molecule has 9 heteroatoms. The van der Waals surface area contributed by atoms with Gasteiger partial charge in [0.05, 0.1) is 17.1 Å². The summed E-state index contributed by atoms with van der Waals surface area (Å²) in [4.78, 5) is 22.8. The Balaban J connectivity index is 2.25. The Morgan fingerprint density at radius 1 is 1.50 bits per heavy atom. The molecule has 2 rings (SSSR count). The molecule has 0 aromatic heterocycles. The molecule has 3 N–H and O–H groups in total. The van der Waals surface area contributed by atoms with Crippen LogP contribution < -0.4 is 10.0 Å². The van der Waals surface area contributed by atoms with Crippen LogP contribution >= 0.6 is 11.8 Å². The van der Waals surface area contributed by atoms with Gasteiger partial charge in [0.2, 0.25) is 15.9 Å². The van der Waals surface area contributed by atoms with Gasteiger partial charge < -0.3 is 10.4 Å². The van der Waals surface area contributed by atoms with E-state index >= 15 is 0 Å². The zero-order chi connectivity index (χ0) is 14.9. The van der Waals surface area contributed by atoms with E-state index in [1.54, 1.807) is 6.07 Å². The van der Waals surface area contributed by atoms with Gasteiger partial charge in [0.25, 0.3) is 0 Å². The van der Waals surface area contributed by atoms with E-state index in [4.69, 9.17) is 5.11 Å². The number of aliphatic carboxylic acids is 1. The van der Waals surface area contributed by atoms with E-state index in [0.717, 1.165) is 11.8 Å². The van der Waals surface area contributed by atoms with Crippen LogP contribution in [-0.2, 0) is 19.6 Å². The fraction of sp³-hybridized carbons (Fsp3) is 0.273. The molecule has 1 unspecified atom stereocenters. The number of hydrogen-bond acceptors (Lipinski definition) is 5. The van der Waals surface area contributed by atoms with Crippen molar-refractivity contribution in [3.8, 4) is 0 Å². The molecule has 0 aliphatic carbocycles. The lowest BCUT2D eigenvalue weighted by Crippen LogP contribution is -2.32. The topological polar surface area (TPSA) is 113 Å². The number of anilines is 2. The largest absolute Gasteiger partial charge is 0.480 e. The van der Waals surface area contributed by atoms with Crippen molar-refractivity contribution < 1.29 is 23.1 Å². The summed E-state index contributed by atoms with van der Waals surface area (Å²) in [6, 6.07) is 4.66. The standard InChI is InChI=1S/C11H12N2O5S2/c1-6(11(15)16)20(17,18)13-7-2-3-9-8(4-7)12-10(14)5-19-9/h2-4,6,13H,5H2,1H3,(H,12,14)(H,15,16). The molecule has 20 heavy (non-hydrogen) atoms. The zero-order valence-corrected chi connectivity index (χ0v) is 12.0. The maximum absolute atomic E-state index is 11.8. The lowest BCUT2D eigenvalue weighted by Gasteiger charge is -2.18. The smallest absolute Gasteiger partial charge is 0.323 e. The van der Waals surface area contributed by atoms with Crippen LogP contribution in [-0.4, -0.2) is 36.4 Å². The van der Waals surface area contributed by atoms with E-state index in [1.807, 2.05) is 0 Å². The molecule has 1 heterocycles. The number of sulfonamides is 1. The van der Waals surface area contributed by atoms with Crippen LogP contribution in [0.4, 0.5) is 11.4 Å². The first kappa shape index (κ1) is 14.7. The number of rotatable bonds is 4. The third kappa shape index (κ3) is 3.05. The van der Waals surface area contributed by atoms with E-state index in [2.05, 4.69) is 10.0 Å². The van der Waals surface area contributed by atoms with Crippen molar-refractivity contribution in [2.45, 2.75) is 17.1 Å². The molecule has 1 aromatic carbocycles. The van der Waals surface area contributed by atoms with Gasteiger partial charge in [-0.25, -0.2) is 8.42 Å². The number of amides is 1. The lowest BCUT2D eigenvalue weighted by molar-refractivity contribution is -0.136. The van der Waals surface area contributed by atoms with Crippen molar-refractivity contribution in [1.82, 2.24) is 0 Å². The number of carboxylic acid groups (broad SMARTS) is 1. The molecule has 1 atom stereocenters. The highest BCUT2D eigenvalue weighted by molar-refractivity contribution is 8.00. The first-order valence-corrected chi connectivity index (χ1v) is 8.14. The van der Waals surface area contributed by atoms with E-state index in [1.165, 1.54) is 23.9 Å². The summed E-state index contributed by atoms with van der Waals surface area (Å²) in [5.41, 5.74) is 0.717. The Morgan fingerprint density at radius 2 is 2.20 bits per heavy atom. The molecule has 0 saturated heterocycles. The molecular formula is C11H12N2O5S2. The number of benzene rings is 1. The summed E-state index contributed by atoms with van der Waals surface area (Å²) in [5.74, 6) is -1.28. The molecule has 0 spiro atoms. The van der Waals surface area contributed by atoms with Gasteiger partial charge in [-0.1, -0.05) is 0 Å². The summed E-state index contributed by atoms with van der Waals surface area (Å²) in [7, 11) is -4.02. The fourth-order valence-corrected chi connectivity index (χ4v) is 3.22. The summed E-state index contributed by atoms with van der Waals surface area (Å²) in [5, 5.41) is 9.80. The quantitative estimate of drug-likeness (QED) is 0.762. The number of hydrogen-bond donors (Lipinski definition) is 3. The van der Waals surface area contributed by atoms with Crippen LogP contribution in [0, 0.1) is 0 Å². The van der Waals surface area contributed by atoms with Crippen molar-refractivity contribution in [2.75, 3.05) is 15.8 Å². The third-order valence-corrected chi connectivity index (χ3v) is 5.41. The number of thioether (sulfide) groups is 1. The molecule has 0 radical (unpaired) electrons. The van der Waals surface area contributed by atoms with Crippen molar-refractivity contribution in [1.29, 1.82) is 0 Å². The molecular weight excluding hydrogens is 304 g/mol. The van der Waals surface area contributed by atoms with Crippen LogP contribution in [0.3, 0.4) is 0 Å². The van der Waals surface area contributed by atoms with Crippen LogP contribution in [0.1, 0.15) is 6.92 Å². The molecule has 1 aliphatic heterocycles. The van der Waals surface area contributed by atoms with E-state index in [9.17, 15) is 18.0 Å². The van der Waals surface area contributed by atoms with Gasteiger partial charge >= 0.3 is 5.97 Å². The minimum Gasteiger partial charge on any atom is -0.480 e. The molecule has 1 aliphatic rings. The average Bonchev–Trinajstić information content (AvgIpc) is 2.36. The van der Waals surface area contributed by atoms with Gasteiger partial charge in [-0.3, -0.25) is 14.3 Å². The SMILES string of the molecule is CC(C(=O)O)S(=O)(=O)Nc1ccc2c(c1)NC(=O)CS2. The Kier molecular flexibility index (Phi) is 3.91. The van der Waals surface area contributed by atoms with E-state index < -0.39 is 21.2 Å². The summed E-state index contributed by atoms with van der Waals surface area (Å²) in [6.07, 6.45) is 0. The Bertz CT molecular complexity index is 671. The summed E-state index contributed by atoms with van der Waals surface area (Å²) >= 11 is 1.35. The first-order chi connectivity index (χ1) is 9.29. The number of fused-ring (bicyclic) bond motifs is 1. The fourth-order valence-electron chi connectivity index (χ4n) is 1.53. The molecule has 0 bridgehead atoms. The monoisotopic (exact) mass is 316 g/mol. The van der Waals surface area contributed by atoms with Crippen molar-refractivity contribution in [3.05, 3.63) is 18.2 Å². The number of nitrogens with one attached hydrogen (secondary N) is 2. The molecule has 0 fully saturated rings. The Labute approximate surface area is 119 Å². The Hall–Kier alpha value is -1.74. The highest BCUT2D eigenvalue weighted by Gasteiger charge is 2.28. The summed E-state index contributed by atoms with van der Waals surface area (Å²) in [6.45, 7) is 1.08. The van der Waals surface area contributed by atoms with Gasteiger partial charge in [0.1, 0.15) is 0 Å². The minimum absolute atomic E-state index is 0.165. The molecule has 7 nitrogen and oxygen atoms in total. The number of carbonyl (C=O) groups is 2. The summed E-state index contributed by atoms with van der Waals surface area (Å²) < 4.78 is 25.8. The van der Waals surface area contributed by atoms with Crippen LogP contribution in [0.5, 0.6) is 0 Å². The second-order valence-electron chi connectivity index (χ2n) is 4.18. The van der Waals surface area contributed by atoms with Crippen LogP contribution in [0.2, 0.25) is 0 Å². The average molecular weight is 316 g/mol. The van der Waals surface area contributed by atoms with Crippen molar-refractivity contribution in [2.24, 2.45) is 0 Å². The molecule has 0 saturated carbocycles. The molecule has 1 amide bonds. The normalized spacial score (nSPS) is 15.9. The minimum atomic E-state index is -4.02. The van der Waals surface area contributed by atoms with Gasteiger partial charge in [0.15, 0.2) is 5.25 Å². The highest BCUT2D eigenvalue weighted by Crippen LogP contribution is 2.33. The number of carbonyl (C=O) groups excluding carboxylic acids is 1. The maximum Gasteiger partial charge on any atom is 0.323 e. The van der Waals surface area contributed by atoms with Gasteiger partial charge in [-0.15, -0.1) is 11.8 Å². The molecule has 1 aromatic rings.